The Labute approximate surface area is 92.1 Å². The zero-order valence-corrected chi connectivity index (χ0v) is 8.54. The molecule has 3 aliphatic rings. The molecule has 0 saturated carbocycles. The molecule has 1 fully saturated rings. The minimum atomic E-state index is -0.605. The molecule has 0 aromatic carbocycles. The van der Waals surface area contributed by atoms with Crippen LogP contribution >= 0.6 is 0 Å². The van der Waals surface area contributed by atoms with Crippen LogP contribution in [0, 0.1) is 0 Å². The predicted molar refractivity (Wildman–Crippen MR) is 55.8 cm³/mol. The number of amides is 2. The molecule has 2 amide bonds. The quantitative estimate of drug-likeness (QED) is 0.366. The van der Waals surface area contributed by atoms with E-state index in [1.54, 1.807) is 0 Å². The first-order chi connectivity index (χ1) is 7.74. The van der Waals surface area contributed by atoms with Crippen LogP contribution in [0.15, 0.2) is 23.4 Å². The standard InChI is InChI=1S/C10H12N4O2/c15-9-10(16)14-8-6(12-9)4-5-2-1-3-11-7(5)13-8/h2,4,7-8,11,13H,1,3H2,(H,12,15)(H,14,16). The topological polar surface area (TPSA) is 82.3 Å². The van der Waals surface area contributed by atoms with Crippen LogP contribution in [0.3, 0.4) is 0 Å². The highest BCUT2D eigenvalue weighted by molar-refractivity contribution is 6.36. The summed E-state index contributed by atoms with van der Waals surface area (Å²) in [5.74, 6) is -1.20. The molecular formula is C10H12N4O2. The number of fused-ring (bicyclic) bond motifs is 2. The fourth-order valence-electron chi connectivity index (χ4n) is 2.13. The maximum atomic E-state index is 11.2. The van der Waals surface area contributed by atoms with Crippen LogP contribution in [0.4, 0.5) is 0 Å². The van der Waals surface area contributed by atoms with Crippen LogP contribution in [0.1, 0.15) is 6.42 Å². The number of hydrogen-bond donors (Lipinski definition) is 4. The van der Waals surface area contributed by atoms with Crippen molar-refractivity contribution in [1.82, 2.24) is 21.3 Å². The second-order valence-corrected chi connectivity index (χ2v) is 4.01. The zero-order valence-electron chi connectivity index (χ0n) is 8.54. The van der Waals surface area contributed by atoms with E-state index in [9.17, 15) is 9.59 Å². The minimum absolute atomic E-state index is 0.0535. The van der Waals surface area contributed by atoms with Gasteiger partial charge in [0.15, 0.2) is 0 Å². The first kappa shape index (κ1) is 9.56. The van der Waals surface area contributed by atoms with Gasteiger partial charge in [-0.1, -0.05) is 6.08 Å². The molecule has 0 radical (unpaired) electrons. The van der Waals surface area contributed by atoms with Crippen molar-refractivity contribution in [2.75, 3.05) is 6.54 Å². The largest absolute Gasteiger partial charge is 0.327 e. The van der Waals surface area contributed by atoms with Gasteiger partial charge in [0.25, 0.3) is 0 Å². The Bertz CT molecular complexity index is 427. The van der Waals surface area contributed by atoms with E-state index in [1.165, 1.54) is 0 Å². The fourth-order valence-corrected chi connectivity index (χ4v) is 2.13. The number of nitrogens with one attached hydrogen (secondary N) is 4. The van der Waals surface area contributed by atoms with Crippen LogP contribution in [-0.2, 0) is 9.59 Å². The zero-order chi connectivity index (χ0) is 11.1. The van der Waals surface area contributed by atoms with Crippen molar-refractivity contribution in [3.05, 3.63) is 23.4 Å². The third-order valence-corrected chi connectivity index (χ3v) is 2.91. The van der Waals surface area contributed by atoms with Gasteiger partial charge >= 0.3 is 11.8 Å². The van der Waals surface area contributed by atoms with Gasteiger partial charge in [0.05, 0.1) is 11.9 Å². The molecule has 3 heterocycles. The van der Waals surface area contributed by atoms with Gasteiger partial charge in [-0.3, -0.25) is 20.2 Å². The normalized spacial score (nSPS) is 32.8. The third-order valence-electron chi connectivity index (χ3n) is 2.91. The fraction of sp³-hybridized carbons (Fsp3) is 0.400. The Hall–Kier alpha value is -1.66. The van der Waals surface area contributed by atoms with Gasteiger partial charge in [0.1, 0.15) is 6.17 Å². The van der Waals surface area contributed by atoms with E-state index in [0.29, 0.717) is 5.70 Å². The highest BCUT2D eigenvalue weighted by atomic mass is 16.2. The molecule has 2 unspecified atom stereocenters. The smallest absolute Gasteiger partial charge is 0.313 e. The molecule has 84 valence electrons. The van der Waals surface area contributed by atoms with Crippen molar-refractivity contribution in [3.63, 3.8) is 0 Å². The second-order valence-electron chi connectivity index (χ2n) is 4.01. The Morgan fingerprint density at radius 2 is 2.06 bits per heavy atom. The first-order valence-corrected chi connectivity index (χ1v) is 5.27. The Balaban J connectivity index is 1.92. The molecule has 6 heteroatoms. The summed E-state index contributed by atoms with van der Waals surface area (Å²) in [7, 11) is 0. The van der Waals surface area contributed by atoms with Gasteiger partial charge in [-0.25, -0.2) is 0 Å². The summed E-state index contributed by atoms with van der Waals surface area (Å²) in [5, 5.41) is 11.7. The number of carbonyl (C=O) groups excluding carboxylic acids is 2. The van der Waals surface area contributed by atoms with Gasteiger partial charge in [-0.05, 0) is 18.1 Å². The summed E-state index contributed by atoms with van der Waals surface area (Å²) in [4.78, 5) is 22.4. The summed E-state index contributed by atoms with van der Waals surface area (Å²) in [6, 6.07) is 0. The van der Waals surface area contributed by atoms with E-state index < -0.39 is 11.8 Å². The van der Waals surface area contributed by atoms with E-state index in [-0.39, 0.29) is 12.3 Å². The average Bonchev–Trinajstić information content (AvgIpc) is 2.28. The number of piperazine rings is 1. The van der Waals surface area contributed by atoms with Gasteiger partial charge < -0.3 is 10.6 Å². The lowest BCUT2D eigenvalue weighted by Gasteiger charge is -2.37. The van der Waals surface area contributed by atoms with Crippen molar-refractivity contribution < 1.29 is 9.59 Å². The summed E-state index contributed by atoms with van der Waals surface area (Å²) in [5.41, 5.74) is 1.81. The Morgan fingerprint density at radius 3 is 2.94 bits per heavy atom. The third kappa shape index (κ3) is 1.43. The summed E-state index contributed by atoms with van der Waals surface area (Å²) < 4.78 is 0. The van der Waals surface area contributed by atoms with Gasteiger partial charge in [-0.15, -0.1) is 0 Å². The van der Waals surface area contributed by atoms with Crippen molar-refractivity contribution in [1.29, 1.82) is 0 Å². The molecule has 4 N–H and O–H groups in total. The van der Waals surface area contributed by atoms with Crippen molar-refractivity contribution in [3.8, 4) is 0 Å². The summed E-state index contributed by atoms with van der Waals surface area (Å²) >= 11 is 0. The van der Waals surface area contributed by atoms with Crippen LogP contribution in [0.5, 0.6) is 0 Å². The minimum Gasteiger partial charge on any atom is -0.327 e. The molecule has 0 spiro atoms. The maximum absolute atomic E-state index is 11.2. The lowest BCUT2D eigenvalue weighted by Crippen LogP contribution is -2.65. The van der Waals surface area contributed by atoms with Crippen LogP contribution < -0.4 is 21.3 Å². The van der Waals surface area contributed by atoms with E-state index in [1.807, 2.05) is 6.08 Å². The predicted octanol–water partition coefficient (Wildman–Crippen LogP) is -1.71. The molecule has 6 nitrogen and oxygen atoms in total. The lowest BCUT2D eigenvalue weighted by molar-refractivity contribution is -0.140. The van der Waals surface area contributed by atoms with Crippen molar-refractivity contribution in [2.24, 2.45) is 0 Å². The summed E-state index contributed by atoms with van der Waals surface area (Å²) in [6.45, 7) is 0.914. The number of hydrogen-bond acceptors (Lipinski definition) is 4. The van der Waals surface area contributed by atoms with Gasteiger partial charge in [0, 0.05) is 6.54 Å². The molecule has 0 aromatic rings. The monoisotopic (exact) mass is 220 g/mol. The van der Waals surface area contributed by atoms with Gasteiger partial charge in [-0.2, -0.15) is 0 Å². The van der Waals surface area contributed by atoms with Crippen LogP contribution in [0.2, 0.25) is 0 Å². The SMILES string of the molecule is O=C1NC2=CC3=CCCNC3NC2NC1=O. The highest BCUT2D eigenvalue weighted by Gasteiger charge is 2.34. The van der Waals surface area contributed by atoms with Crippen LogP contribution in [0.25, 0.3) is 0 Å². The van der Waals surface area contributed by atoms with E-state index in [4.69, 9.17) is 0 Å². The lowest BCUT2D eigenvalue weighted by atomic mass is 10.0. The Kier molecular flexibility index (Phi) is 2.05. The van der Waals surface area contributed by atoms with E-state index >= 15 is 0 Å². The summed E-state index contributed by atoms with van der Waals surface area (Å²) in [6.07, 6.45) is 4.76. The number of rotatable bonds is 0. The molecular weight excluding hydrogens is 208 g/mol. The molecule has 3 rings (SSSR count). The molecule has 0 aromatic heterocycles. The van der Waals surface area contributed by atoms with Gasteiger partial charge in [0.2, 0.25) is 0 Å². The second kappa shape index (κ2) is 3.43. The molecule has 2 atom stereocenters. The molecule has 0 bridgehead atoms. The molecule has 1 saturated heterocycles. The molecule has 16 heavy (non-hydrogen) atoms. The van der Waals surface area contributed by atoms with E-state index in [2.05, 4.69) is 27.3 Å². The van der Waals surface area contributed by atoms with Crippen molar-refractivity contribution >= 4 is 11.8 Å². The van der Waals surface area contributed by atoms with E-state index in [0.717, 1.165) is 18.5 Å². The highest BCUT2D eigenvalue weighted by Crippen LogP contribution is 2.18. The van der Waals surface area contributed by atoms with Crippen LogP contribution in [-0.4, -0.2) is 30.7 Å². The first-order valence-electron chi connectivity index (χ1n) is 5.27. The number of carbonyl (C=O) groups is 2. The van der Waals surface area contributed by atoms with Crippen molar-refractivity contribution in [2.45, 2.75) is 18.8 Å². The maximum Gasteiger partial charge on any atom is 0.313 e. The molecule has 0 aliphatic carbocycles. The average molecular weight is 220 g/mol. The molecule has 3 aliphatic heterocycles. The Morgan fingerprint density at radius 1 is 1.19 bits per heavy atom.